The van der Waals surface area contributed by atoms with Crippen molar-refractivity contribution in [2.75, 3.05) is 20.3 Å². The Bertz CT molecular complexity index is 692. The van der Waals surface area contributed by atoms with Gasteiger partial charge in [0.1, 0.15) is 5.75 Å². The van der Waals surface area contributed by atoms with Crippen molar-refractivity contribution in [3.63, 3.8) is 0 Å². The largest absolute Gasteiger partial charge is 0.467 e. The first-order chi connectivity index (χ1) is 12.1. The van der Waals surface area contributed by atoms with E-state index in [4.69, 9.17) is 9.47 Å². The summed E-state index contributed by atoms with van der Waals surface area (Å²) < 4.78 is 11.3. The molecule has 1 aromatic rings. The van der Waals surface area contributed by atoms with E-state index in [1.54, 1.807) is 13.2 Å². The summed E-state index contributed by atoms with van der Waals surface area (Å²) in [6.45, 7) is 1.06. The average Bonchev–Trinajstić information content (AvgIpc) is 2.62. The van der Waals surface area contributed by atoms with E-state index >= 15 is 0 Å². The lowest BCUT2D eigenvalue weighted by atomic mass is 9.60. The van der Waals surface area contributed by atoms with Crippen LogP contribution >= 0.6 is 0 Å². The third kappa shape index (κ3) is 2.78. The number of amides is 2. The highest BCUT2D eigenvalue weighted by atomic mass is 16.5. The molecular weight excluding hydrogens is 320 g/mol. The van der Waals surface area contributed by atoms with Crippen molar-refractivity contribution in [3.05, 3.63) is 29.8 Å². The Balaban J connectivity index is 1.51. The summed E-state index contributed by atoms with van der Waals surface area (Å²) in [6, 6.07) is 7.36. The van der Waals surface area contributed by atoms with E-state index in [0.717, 1.165) is 19.3 Å². The number of para-hydroxylation sites is 1. The van der Waals surface area contributed by atoms with E-state index in [1.165, 1.54) is 0 Å². The summed E-state index contributed by atoms with van der Waals surface area (Å²) in [4.78, 5) is 25.0. The number of carbonyl (C=O) groups excluding carboxylic acids is 2. The van der Waals surface area contributed by atoms with Crippen LogP contribution in [0.15, 0.2) is 24.3 Å². The average molecular weight is 344 g/mol. The highest BCUT2D eigenvalue weighted by molar-refractivity contribution is 5.98. The number of rotatable bonds is 4. The molecule has 3 saturated carbocycles. The Morgan fingerprint density at radius 2 is 2.24 bits per heavy atom. The molecule has 6 heteroatoms. The third-order valence-electron chi connectivity index (χ3n) is 5.91. The summed E-state index contributed by atoms with van der Waals surface area (Å²) in [7, 11) is 1.62. The van der Waals surface area contributed by atoms with Gasteiger partial charge in [0, 0.05) is 31.9 Å². The second-order valence-electron chi connectivity index (χ2n) is 7.31. The molecule has 1 spiro atoms. The van der Waals surface area contributed by atoms with Crippen molar-refractivity contribution in [2.24, 2.45) is 17.8 Å². The number of nitrogens with one attached hydrogen (secondary N) is 2. The highest BCUT2D eigenvalue weighted by Crippen LogP contribution is 2.52. The van der Waals surface area contributed by atoms with Gasteiger partial charge in [-0.25, -0.2) is 0 Å². The van der Waals surface area contributed by atoms with Gasteiger partial charge in [-0.2, -0.15) is 0 Å². The molecule has 0 radical (unpaired) electrons. The smallest absolute Gasteiger partial charge is 0.258 e. The minimum Gasteiger partial charge on any atom is -0.467 e. The molecule has 134 valence electrons. The Morgan fingerprint density at radius 1 is 1.40 bits per heavy atom. The number of hydrogen-bond donors (Lipinski definition) is 2. The summed E-state index contributed by atoms with van der Waals surface area (Å²) >= 11 is 0. The molecule has 25 heavy (non-hydrogen) atoms. The fourth-order valence-corrected chi connectivity index (χ4v) is 4.69. The summed E-state index contributed by atoms with van der Waals surface area (Å²) in [5.74, 6) is 1.07. The maximum Gasteiger partial charge on any atom is 0.258 e. The summed E-state index contributed by atoms with van der Waals surface area (Å²) in [6.07, 6.45) is 3.44. The monoisotopic (exact) mass is 344 g/mol. The second kappa shape index (κ2) is 6.33. The number of ether oxygens (including phenoxy) is 2. The number of benzene rings is 1. The molecule has 4 atom stereocenters. The molecule has 5 rings (SSSR count). The molecule has 6 nitrogen and oxygen atoms in total. The van der Waals surface area contributed by atoms with Crippen LogP contribution in [-0.4, -0.2) is 37.8 Å². The van der Waals surface area contributed by atoms with Gasteiger partial charge < -0.3 is 20.1 Å². The predicted octanol–water partition coefficient (Wildman–Crippen LogP) is 1.70. The van der Waals surface area contributed by atoms with E-state index in [2.05, 4.69) is 10.6 Å². The topological polar surface area (TPSA) is 76.7 Å². The molecule has 1 aromatic carbocycles. The van der Waals surface area contributed by atoms with E-state index in [-0.39, 0.29) is 29.6 Å². The van der Waals surface area contributed by atoms with Gasteiger partial charge in [0.2, 0.25) is 5.91 Å². The molecule has 2 bridgehead atoms. The number of carbonyl (C=O) groups is 2. The van der Waals surface area contributed by atoms with Crippen molar-refractivity contribution >= 4 is 11.8 Å². The zero-order valence-corrected chi connectivity index (χ0v) is 14.4. The zero-order valence-electron chi connectivity index (χ0n) is 14.4. The first kappa shape index (κ1) is 16.4. The molecule has 1 heterocycles. The molecule has 2 N–H and O–H groups in total. The van der Waals surface area contributed by atoms with Gasteiger partial charge in [-0.1, -0.05) is 12.1 Å². The Kier molecular flexibility index (Phi) is 4.15. The van der Waals surface area contributed by atoms with Gasteiger partial charge in [0.25, 0.3) is 5.91 Å². The van der Waals surface area contributed by atoms with Crippen LogP contribution in [0.5, 0.6) is 5.75 Å². The van der Waals surface area contributed by atoms with Crippen LogP contribution in [0.25, 0.3) is 0 Å². The van der Waals surface area contributed by atoms with Crippen molar-refractivity contribution in [3.8, 4) is 5.75 Å². The molecule has 0 aromatic heterocycles. The molecule has 2 amide bonds. The maximum absolute atomic E-state index is 12.5. The van der Waals surface area contributed by atoms with Crippen molar-refractivity contribution in [1.29, 1.82) is 0 Å². The van der Waals surface area contributed by atoms with Crippen molar-refractivity contribution in [2.45, 2.75) is 31.4 Å². The lowest BCUT2D eigenvalue weighted by Crippen LogP contribution is -2.67. The van der Waals surface area contributed by atoms with Crippen LogP contribution < -0.4 is 15.4 Å². The lowest BCUT2D eigenvalue weighted by Gasteiger charge is -2.55. The molecule has 0 saturated heterocycles. The van der Waals surface area contributed by atoms with Gasteiger partial charge in [0.15, 0.2) is 5.72 Å². The SMILES string of the molecule is COCCNC(=O)[C@@H]1C[C@@H]2CC[C@@H]1C[C@@]21NC(=O)c2ccccc2O1. The van der Waals surface area contributed by atoms with Crippen LogP contribution in [0, 0.1) is 17.8 Å². The van der Waals surface area contributed by atoms with Crippen molar-refractivity contribution < 1.29 is 19.1 Å². The fraction of sp³-hybridized carbons (Fsp3) is 0.579. The molecule has 4 aliphatic rings. The third-order valence-corrected chi connectivity index (χ3v) is 5.91. The first-order valence-electron chi connectivity index (χ1n) is 9.00. The molecule has 0 unspecified atom stereocenters. The van der Waals surface area contributed by atoms with Gasteiger partial charge in [0.05, 0.1) is 12.2 Å². The fourth-order valence-electron chi connectivity index (χ4n) is 4.69. The van der Waals surface area contributed by atoms with Crippen LogP contribution in [-0.2, 0) is 9.53 Å². The van der Waals surface area contributed by atoms with Gasteiger partial charge in [-0.15, -0.1) is 0 Å². The van der Waals surface area contributed by atoms with E-state index in [1.807, 2.05) is 18.2 Å². The minimum atomic E-state index is -0.655. The Morgan fingerprint density at radius 3 is 3.00 bits per heavy atom. The zero-order chi connectivity index (χ0) is 17.4. The first-order valence-corrected chi connectivity index (χ1v) is 9.00. The normalized spacial score (nSPS) is 32.7. The second-order valence-corrected chi connectivity index (χ2v) is 7.31. The van der Waals surface area contributed by atoms with Crippen molar-refractivity contribution in [1.82, 2.24) is 10.6 Å². The van der Waals surface area contributed by atoms with Crippen LogP contribution in [0.4, 0.5) is 0 Å². The Hall–Kier alpha value is -2.08. The molecule has 1 aliphatic heterocycles. The molecule has 3 aliphatic carbocycles. The van der Waals surface area contributed by atoms with Crippen LogP contribution in [0.3, 0.4) is 0 Å². The van der Waals surface area contributed by atoms with E-state index < -0.39 is 5.72 Å². The van der Waals surface area contributed by atoms with Gasteiger partial charge in [-0.05, 0) is 37.3 Å². The summed E-state index contributed by atoms with van der Waals surface area (Å²) in [5.41, 5.74) is -0.0686. The van der Waals surface area contributed by atoms with Gasteiger partial charge in [-0.3, -0.25) is 9.59 Å². The lowest BCUT2D eigenvalue weighted by molar-refractivity contribution is -0.146. The molecule has 3 fully saturated rings. The molecular formula is C19H24N2O4. The predicted molar refractivity (Wildman–Crippen MR) is 91.1 cm³/mol. The van der Waals surface area contributed by atoms with E-state index in [9.17, 15) is 9.59 Å². The standard InChI is InChI=1S/C19H24N2O4/c1-24-9-8-20-17(22)15-10-13-7-6-12(15)11-19(13)21-18(23)14-4-2-3-5-16(14)25-19/h2-5,12-13,15H,6-11H2,1H3,(H,20,22)(H,21,23)/t12-,13+,15-,19+/m1/s1. The maximum atomic E-state index is 12.5. The minimum absolute atomic E-state index is 0.00102. The number of fused-ring (bicyclic) bond motifs is 3. The van der Waals surface area contributed by atoms with Crippen LogP contribution in [0.2, 0.25) is 0 Å². The van der Waals surface area contributed by atoms with E-state index in [0.29, 0.717) is 30.9 Å². The number of methoxy groups -OCH3 is 1. The van der Waals surface area contributed by atoms with Gasteiger partial charge >= 0.3 is 0 Å². The summed E-state index contributed by atoms with van der Waals surface area (Å²) in [5, 5.41) is 6.08. The quantitative estimate of drug-likeness (QED) is 0.815. The highest BCUT2D eigenvalue weighted by Gasteiger charge is 2.57. The van der Waals surface area contributed by atoms with Crippen LogP contribution in [0.1, 0.15) is 36.0 Å². The number of hydrogen-bond acceptors (Lipinski definition) is 4. The Labute approximate surface area is 147 Å².